The van der Waals surface area contributed by atoms with Crippen molar-refractivity contribution in [2.45, 2.75) is 37.3 Å². The maximum absolute atomic E-state index is 13.8. The zero-order valence-electron chi connectivity index (χ0n) is 14.1. The number of likely N-dealkylation sites (tertiary alicyclic amines) is 2. The summed E-state index contributed by atoms with van der Waals surface area (Å²) in [5.41, 5.74) is 0.570. The Labute approximate surface area is 140 Å². The molecule has 0 aliphatic carbocycles. The Bertz CT molecular complexity index is 584. The van der Waals surface area contributed by atoms with Crippen LogP contribution in [-0.2, 0) is 11.8 Å². The monoisotopic (exact) mass is 342 g/mol. The minimum atomic E-state index is -2.65. The highest BCUT2D eigenvalue weighted by atomic mass is 19.3. The van der Waals surface area contributed by atoms with E-state index in [0.29, 0.717) is 38.1 Å². The van der Waals surface area contributed by atoms with Gasteiger partial charge >= 0.3 is 0 Å². The second-order valence-electron chi connectivity index (χ2n) is 6.77. The summed E-state index contributed by atoms with van der Waals surface area (Å²) < 4.78 is 34.3. The number of aromatic nitrogens is 2. The van der Waals surface area contributed by atoms with Gasteiger partial charge in [0.1, 0.15) is 0 Å². The van der Waals surface area contributed by atoms with Crippen molar-refractivity contribution in [3.63, 3.8) is 0 Å². The fourth-order valence-corrected chi connectivity index (χ4v) is 3.81. The van der Waals surface area contributed by atoms with Crippen LogP contribution in [0.15, 0.2) is 12.4 Å². The summed E-state index contributed by atoms with van der Waals surface area (Å²) in [7, 11) is 3.32. The number of ether oxygens (including phenoxy) is 1. The van der Waals surface area contributed by atoms with Crippen LogP contribution in [0.25, 0.3) is 0 Å². The zero-order valence-corrected chi connectivity index (χ0v) is 14.1. The van der Waals surface area contributed by atoms with Gasteiger partial charge in [0.05, 0.1) is 24.9 Å². The largest absolute Gasteiger partial charge is 0.383 e. The van der Waals surface area contributed by atoms with E-state index < -0.39 is 5.92 Å². The first kappa shape index (κ1) is 17.3. The van der Waals surface area contributed by atoms with Crippen LogP contribution >= 0.6 is 0 Å². The molecule has 24 heavy (non-hydrogen) atoms. The molecule has 1 atom stereocenters. The van der Waals surface area contributed by atoms with Crippen molar-refractivity contribution in [1.82, 2.24) is 19.6 Å². The Hall–Kier alpha value is -1.54. The molecule has 1 aromatic rings. The highest BCUT2D eigenvalue weighted by Gasteiger charge is 2.47. The number of aryl methyl sites for hydroxylation is 1. The van der Waals surface area contributed by atoms with Crippen molar-refractivity contribution in [2.24, 2.45) is 7.05 Å². The smallest absolute Gasteiger partial charge is 0.262 e. The van der Waals surface area contributed by atoms with Gasteiger partial charge in [-0.05, 0) is 12.8 Å². The van der Waals surface area contributed by atoms with E-state index in [0.717, 1.165) is 0 Å². The molecular formula is C16H24F2N4O2. The summed E-state index contributed by atoms with van der Waals surface area (Å²) in [6.45, 7) is 1.28. The molecule has 0 spiro atoms. The molecule has 0 aromatic carbocycles. The van der Waals surface area contributed by atoms with Crippen molar-refractivity contribution in [2.75, 3.05) is 33.4 Å². The van der Waals surface area contributed by atoms with Gasteiger partial charge < -0.3 is 9.64 Å². The Morgan fingerprint density at radius 3 is 2.71 bits per heavy atom. The Kier molecular flexibility index (Phi) is 4.87. The number of piperidine rings is 1. The standard InChI is InChI=1S/C16H24F2N4O2/c1-20-9-12(8-19-20)15(23)21-5-3-13(4-6-21)22-11-16(17,18)7-14(22)10-24-2/h8-9,13-14H,3-7,10-11H2,1-2H3/t14-/m0/s1. The molecule has 0 saturated carbocycles. The van der Waals surface area contributed by atoms with Gasteiger partial charge in [-0.1, -0.05) is 0 Å². The lowest BCUT2D eigenvalue weighted by atomic mass is 10.0. The molecule has 3 rings (SSSR count). The number of hydrogen-bond donors (Lipinski definition) is 0. The number of rotatable bonds is 4. The van der Waals surface area contributed by atoms with Crippen LogP contribution in [0.4, 0.5) is 8.78 Å². The van der Waals surface area contributed by atoms with Crippen molar-refractivity contribution < 1.29 is 18.3 Å². The van der Waals surface area contributed by atoms with Gasteiger partial charge in [-0.25, -0.2) is 8.78 Å². The molecule has 1 amide bonds. The fraction of sp³-hybridized carbons (Fsp3) is 0.750. The topological polar surface area (TPSA) is 50.6 Å². The lowest BCUT2D eigenvalue weighted by Crippen LogP contribution is -2.49. The molecule has 6 nitrogen and oxygen atoms in total. The number of nitrogens with zero attached hydrogens (tertiary/aromatic N) is 4. The predicted octanol–water partition coefficient (Wildman–Crippen LogP) is 1.38. The summed E-state index contributed by atoms with van der Waals surface area (Å²) in [6, 6.07) is -0.160. The van der Waals surface area contributed by atoms with Crippen LogP contribution in [0.3, 0.4) is 0 Å². The van der Waals surface area contributed by atoms with Gasteiger partial charge in [0.15, 0.2) is 0 Å². The maximum atomic E-state index is 13.8. The number of carbonyl (C=O) groups is 1. The van der Waals surface area contributed by atoms with E-state index in [1.807, 2.05) is 4.90 Å². The van der Waals surface area contributed by atoms with Gasteiger partial charge in [0.2, 0.25) is 0 Å². The summed E-state index contributed by atoms with van der Waals surface area (Å²) in [5.74, 6) is -2.69. The first-order chi connectivity index (χ1) is 11.4. The number of methoxy groups -OCH3 is 1. The summed E-state index contributed by atoms with van der Waals surface area (Å²) in [4.78, 5) is 16.1. The molecule has 2 aliphatic heterocycles. The normalized spacial score (nSPS) is 25.3. The lowest BCUT2D eigenvalue weighted by Gasteiger charge is -2.38. The SMILES string of the molecule is COC[C@@H]1CC(F)(F)CN1C1CCN(C(=O)c2cnn(C)c2)CC1. The third-order valence-corrected chi connectivity index (χ3v) is 4.95. The number of carbonyl (C=O) groups excluding carboxylic acids is 1. The number of halogens is 2. The van der Waals surface area contributed by atoms with Crippen LogP contribution in [0.5, 0.6) is 0 Å². The second-order valence-corrected chi connectivity index (χ2v) is 6.77. The van der Waals surface area contributed by atoms with Crippen molar-refractivity contribution in [3.8, 4) is 0 Å². The van der Waals surface area contributed by atoms with E-state index in [-0.39, 0.29) is 31.0 Å². The van der Waals surface area contributed by atoms with Gasteiger partial charge in [-0.2, -0.15) is 5.10 Å². The van der Waals surface area contributed by atoms with E-state index in [4.69, 9.17) is 4.74 Å². The number of amides is 1. The van der Waals surface area contributed by atoms with Crippen LogP contribution in [0.2, 0.25) is 0 Å². The molecule has 0 unspecified atom stereocenters. The minimum Gasteiger partial charge on any atom is -0.383 e. The van der Waals surface area contributed by atoms with E-state index in [2.05, 4.69) is 5.10 Å². The van der Waals surface area contributed by atoms with Gasteiger partial charge in [0, 0.05) is 51.9 Å². The molecule has 134 valence electrons. The maximum Gasteiger partial charge on any atom is 0.262 e. The van der Waals surface area contributed by atoms with Crippen LogP contribution in [-0.4, -0.2) is 76.8 Å². The molecule has 0 radical (unpaired) electrons. The molecule has 1 aromatic heterocycles. The summed E-state index contributed by atoms with van der Waals surface area (Å²) in [5, 5.41) is 4.02. The van der Waals surface area contributed by atoms with E-state index in [1.165, 1.54) is 0 Å². The van der Waals surface area contributed by atoms with E-state index >= 15 is 0 Å². The molecule has 2 fully saturated rings. The molecule has 0 N–H and O–H groups in total. The average Bonchev–Trinajstić information content (AvgIpc) is 3.10. The Morgan fingerprint density at radius 1 is 1.42 bits per heavy atom. The lowest BCUT2D eigenvalue weighted by molar-refractivity contribution is 0.00285. The van der Waals surface area contributed by atoms with Crippen molar-refractivity contribution in [1.29, 1.82) is 0 Å². The van der Waals surface area contributed by atoms with Gasteiger partial charge in [-0.3, -0.25) is 14.4 Å². The predicted molar refractivity (Wildman–Crippen MR) is 84.1 cm³/mol. The Morgan fingerprint density at radius 2 is 2.12 bits per heavy atom. The number of hydrogen-bond acceptors (Lipinski definition) is 4. The van der Waals surface area contributed by atoms with Crippen LogP contribution < -0.4 is 0 Å². The highest BCUT2D eigenvalue weighted by molar-refractivity contribution is 5.93. The molecule has 3 heterocycles. The van der Waals surface area contributed by atoms with E-state index in [1.54, 1.807) is 36.1 Å². The van der Waals surface area contributed by atoms with E-state index in [9.17, 15) is 13.6 Å². The second kappa shape index (κ2) is 6.76. The Balaban J connectivity index is 1.59. The van der Waals surface area contributed by atoms with Crippen molar-refractivity contribution in [3.05, 3.63) is 18.0 Å². The third-order valence-electron chi connectivity index (χ3n) is 4.95. The molecule has 2 saturated heterocycles. The molecule has 8 heteroatoms. The zero-order chi connectivity index (χ0) is 17.3. The quantitative estimate of drug-likeness (QED) is 0.830. The first-order valence-corrected chi connectivity index (χ1v) is 8.30. The third kappa shape index (κ3) is 3.59. The summed E-state index contributed by atoms with van der Waals surface area (Å²) >= 11 is 0. The molecule has 2 aliphatic rings. The number of alkyl halides is 2. The first-order valence-electron chi connectivity index (χ1n) is 8.30. The van der Waals surface area contributed by atoms with Crippen LogP contribution in [0, 0.1) is 0 Å². The fourth-order valence-electron chi connectivity index (χ4n) is 3.81. The van der Waals surface area contributed by atoms with Crippen LogP contribution in [0.1, 0.15) is 29.6 Å². The van der Waals surface area contributed by atoms with Gasteiger partial charge in [-0.15, -0.1) is 0 Å². The average molecular weight is 342 g/mol. The van der Waals surface area contributed by atoms with Gasteiger partial charge in [0.25, 0.3) is 11.8 Å². The minimum absolute atomic E-state index is 0.0401. The molecule has 0 bridgehead atoms. The van der Waals surface area contributed by atoms with Crippen molar-refractivity contribution >= 4 is 5.91 Å². The molecular weight excluding hydrogens is 318 g/mol. The highest BCUT2D eigenvalue weighted by Crippen LogP contribution is 2.35. The summed E-state index contributed by atoms with van der Waals surface area (Å²) in [6.07, 6.45) is 4.54.